The van der Waals surface area contributed by atoms with Crippen molar-refractivity contribution in [1.82, 2.24) is 9.62 Å². The summed E-state index contributed by atoms with van der Waals surface area (Å²) < 4.78 is 71.3. The Hall–Kier alpha value is -1.57. The molecule has 0 bridgehead atoms. The first kappa shape index (κ1) is 23.7. The minimum Gasteiger partial charge on any atom is -0.349 e. The minimum absolute atomic E-state index is 0.121. The van der Waals surface area contributed by atoms with Crippen LogP contribution in [0.5, 0.6) is 0 Å². The molecule has 6 nitrogen and oxygen atoms in total. The van der Waals surface area contributed by atoms with Crippen molar-refractivity contribution in [3.8, 4) is 0 Å². The van der Waals surface area contributed by atoms with Crippen molar-refractivity contribution >= 4 is 49.9 Å². The summed E-state index contributed by atoms with van der Waals surface area (Å²) in [6, 6.07) is 6.18. The van der Waals surface area contributed by atoms with Gasteiger partial charge in [0.05, 0.1) is 11.4 Å². The lowest BCUT2D eigenvalue weighted by Gasteiger charge is -2.21. The molecule has 3 N–H and O–H groups in total. The van der Waals surface area contributed by atoms with Gasteiger partial charge in [-0.3, -0.25) is 4.72 Å². The van der Waals surface area contributed by atoms with Gasteiger partial charge < -0.3 is 10.6 Å². The van der Waals surface area contributed by atoms with Crippen LogP contribution in [0.1, 0.15) is 13.8 Å². The first-order valence-corrected chi connectivity index (χ1v) is 11.2. The van der Waals surface area contributed by atoms with Gasteiger partial charge in [0.2, 0.25) is 0 Å². The molecule has 160 valence electrons. The van der Waals surface area contributed by atoms with Gasteiger partial charge in [0.15, 0.2) is 11.6 Å². The lowest BCUT2D eigenvalue weighted by atomic mass is 10.2. The topological polar surface area (TPSA) is 73.5 Å². The predicted molar refractivity (Wildman–Crippen MR) is 117 cm³/mol. The van der Waals surface area contributed by atoms with Crippen LogP contribution < -0.4 is 15.4 Å². The lowest BCUT2D eigenvalue weighted by molar-refractivity contribution is 0.451. The van der Waals surface area contributed by atoms with E-state index in [1.165, 1.54) is 19.2 Å². The summed E-state index contributed by atoms with van der Waals surface area (Å²) in [5, 5.41) is 5.53. The lowest BCUT2D eigenvalue weighted by Crippen LogP contribution is -2.39. The Morgan fingerprint density at radius 3 is 2.34 bits per heavy atom. The van der Waals surface area contributed by atoms with Crippen molar-refractivity contribution < 1.29 is 21.6 Å². The van der Waals surface area contributed by atoms with Crippen molar-refractivity contribution in [1.29, 1.82) is 0 Å². The fraction of sp³-hybridized carbons (Fsp3) is 0.333. The number of rotatable bonds is 9. The Morgan fingerprint density at radius 1 is 1.07 bits per heavy atom. The zero-order valence-electron chi connectivity index (χ0n) is 16.1. The molecular formula is C18H22F3IN4O2S. The van der Waals surface area contributed by atoms with E-state index in [0.29, 0.717) is 10.1 Å². The number of benzene rings is 2. The maximum absolute atomic E-state index is 14.4. The normalized spacial score (nSPS) is 11.9. The second-order valence-corrected chi connectivity index (χ2v) is 9.59. The first-order chi connectivity index (χ1) is 13.5. The molecule has 0 unspecified atom stereocenters. The Kier molecular flexibility index (Phi) is 8.14. The Bertz CT molecular complexity index is 974. The van der Waals surface area contributed by atoms with Crippen LogP contribution in [-0.4, -0.2) is 38.9 Å². The van der Waals surface area contributed by atoms with Gasteiger partial charge in [-0.2, -0.15) is 12.7 Å². The number of nitrogens with zero attached hydrogens (tertiary/aromatic N) is 1. The van der Waals surface area contributed by atoms with Gasteiger partial charge in [0, 0.05) is 29.7 Å². The van der Waals surface area contributed by atoms with Crippen LogP contribution in [0.3, 0.4) is 0 Å². The summed E-state index contributed by atoms with van der Waals surface area (Å²) in [5.41, 5.74) is -0.877. The molecule has 0 heterocycles. The molecule has 0 saturated carbocycles. The number of anilines is 3. The molecule has 29 heavy (non-hydrogen) atoms. The van der Waals surface area contributed by atoms with Gasteiger partial charge in [0.25, 0.3) is 0 Å². The van der Waals surface area contributed by atoms with Crippen LogP contribution in [0.2, 0.25) is 0 Å². The van der Waals surface area contributed by atoms with Crippen LogP contribution in [0.15, 0.2) is 30.3 Å². The summed E-state index contributed by atoms with van der Waals surface area (Å²) in [6.07, 6.45) is 0. The molecule has 0 aliphatic carbocycles. The SMILES string of the molecule is CC(C)NCCN(C)S(=O)(=O)Nc1ccc(F)c(F)c1Nc1ccc(I)cc1F. The van der Waals surface area contributed by atoms with Gasteiger partial charge >= 0.3 is 10.2 Å². The Morgan fingerprint density at radius 2 is 1.72 bits per heavy atom. The highest BCUT2D eigenvalue weighted by Crippen LogP contribution is 2.32. The smallest absolute Gasteiger partial charge is 0.301 e. The summed E-state index contributed by atoms with van der Waals surface area (Å²) in [5.74, 6) is -3.21. The van der Waals surface area contributed by atoms with Crippen LogP contribution in [0, 0.1) is 21.0 Å². The molecule has 0 aliphatic rings. The van der Waals surface area contributed by atoms with E-state index < -0.39 is 33.3 Å². The highest BCUT2D eigenvalue weighted by Gasteiger charge is 2.22. The number of halogens is 4. The first-order valence-electron chi connectivity index (χ1n) is 8.69. The number of hydrogen-bond donors (Lipinski definition) is 3. The van der Waals surface area contributed by atoms with E-state index in [1.807, 2.05) is 36.4 Å². The van der Waals surface area contributed by atoms with E-state index in [1.54, 1.807) is 6.07 Å². The summed E-state index contributed by atoms with van der Waals surface area (Å²) in [6.45, 7) is 4.42. The molecule has 0 radical (unpaired) electrons. The number of hydrogen-bond acceptors (Lipinski definition) is 4. The van der Waals surface area contributed by atoms with Crippen molar-refractivity contribution in [2.45, 2.75) is 19.9 Å². The van der Waals surface area contributed by atoms with Crippen molar-refractivity contribution in [3.05, 3.63) is 51.4 Å². The van der Waals surface area contributed by atoms with Gasteiger partial charge in [-0.05, 0) is 52.9 Å². The summed E-state index contributed by atoms with van der Waals surface area (Å²) >= 11 is 1.91. The second-order valence-electron chi connectivity index (χ2n) is 6.57. The molecule has 2 rings (SSSR count). The maximum atomic E-state index is 14.4. The van der Waals surface area contributed by atoms with E-state index in [2.05, 4.69) is 15.4 Å². The van der Waals surface area contributed by atoms with Gasteiger partial charge in [0.1, 0.15) is 11.5 Å². The summed E-state index contributed by atoms with van der Waals surface area (Å²) in [7, 11) is -2.70. The average Bonchev–Trinajstić information content (AvgIpc) is 2.62. The van der Waals surface area contributed by atoms with E-state index in [4.69, 9.17) is 0 Å². The van der Waals surface area contributed by atoms with Gasteiger partial charge in [-0.25, -0.2) is 13.2 Å². The summed E-state index contributed by atoms with van der Waals surface area (Å²) in [4.78, 5) is 0. The van der Waals surface area contributed by atoms with Gasteiger partial charge in [-0.15, -0.1) is 0 Å². The molecule has 0 saturated heterocycles. The molecule has 0 aliphatic heterocycles. The monoisotopic (exact) mass is 542 g/mol. The largest absolute Gasteiger partial charge is 0.349 e. The minimum atomic E-state index is -4.05. The van der Waals surface area contributed by atoms with Crippen LogP contribution >= 0.6 is 22.6 Å². The van der Waals surface area contributed by atoms with E-state index >= 15 is 0 Å². The van der Waals surface area contributed by atoms with E-state index in [0.717, 1.165) is 16.4 Å². The fourth-order valence-electron chi connectivity index (χ4n) is 2.33. The predicted octanol–water partition coefficient (Wildman–Crippen LogP) is 4.04. The van der Waals surface area contributed by atoms with E-state index in [-0.39, 0.29) is 24.0 Å². The standard InChI is InChI=1S/C18H22F3IN4O2S/c1-11(2)23-8-9-26(3)29(27,28)25-16-7-5-13(19)17(21)18(16)24-15-6-4-12(22)10-14(15)20/h4-7,10-11,23-25H,8-9H2,1-3H3. The zero-order valence-corrected chi connectivity index (χ0v) is 19.0. The van der Waals surface area contributed by atoms with Crippen LogP contribution in [0.25, 0.3) is 0 Å². The van der Waals surface area contributed by atoms with Crippen LogP contribution in [0.4, 0.5) is 30.2 Å². The van der Waals surface area contributed by atoms with Crippen LogP contribution in [-0.2, 0) is 10.2 Å². The third-order valence-electron chi connectivity index (χ3n) is 3.91. The van der Waals surface area contributed by atoms with E-state index in [9.17, 15) is 21.6 Å². The molecule has 0 spiro atoms. The average molecular weight is 542 g/mol. The van der Waals surface area contributed by atoms with Crippen molar-refractivity contribution in [2.24, 2.45) is 0 Å². The molecule has 0 aromatic heterocycles. The third-order valence-corrected chi connectivity index (χ3v) is 6.07. The molecule has 0 atom stereocenters. The fourth-order valence-corrected chi connectivity index (χ4v) is 3.72. The maximum Gasteiger partial charge on any atom is 0.301 e. The van der Waals surface area contributed by atoms with Gasteiger partial charge in [-0.1, -0.05) is 13.8 Å². The highest BCUT2D eigenvalue weighted by atomic mass is 127. The van der Waals surface area contributed by atoms with Crippen molar-refractivity contribution in [3.63, 3.8) is 0 Å². The molecular weight excluding hydrogens is 520 g/mol. The quantitative estimate of drug-likeness (QED) is 0.419. The molecule has 2 aromatic rings. The molecule has 2 aromatic carbocycles. The Labute approximate surface area is 182 Å². The van der Waals surface area contributed by atoms with Crippen molar-refractivity contribution in [2.75, 3.05) is 30.2 Å². The molecule has 11 heteroatoms. The third kappa shape index (κ3) is 6.46. The highest BCUT2D eigenvalue weighted by molar-refractivity contribution is 14.1. The molecule has 0 fully saturated rings. The zero-order chi connectivity index (χ0) is 21.8. The second kappa shape index (κ2) is 9.96. The molecule has 0 amide bonds. The Balaban J connectivity index is 2.30. The number of nitrogens with one attached hydrogen (secondary N) is 3. The number of likely N-dealkylation sites (N-methyl/N-ethyl adjacent to an activating group) is 1.